The second-order valence-corrected chi connectivity index (χ2v) is 6.57. The Labute approximate surface area is 157 Å². The van der Waals surface area contributed by atoms with Crippen LogP contribution in [0.1, 0.15) is 51.1 Å². The normalized spacial score (nSPS) is 15.0. The van der Waals surface area contributed by atoms with Crippen LogP contribution in [0.4, 0.5) is 0 Å². The SMILES string of the molecule is CCCCOc1nc2c(OC3CCCC3)cccn2c1C=C(C#N)C(=O)O. The zero-order valence-corrected chi connectivity index (χ0v) is 15.4. The van der Waals surface area contributed by atoms with Gasteiger partial charge in [0.15, 0.2) is 11.4 Å². The highest BCUT2D eigenvalue weighted by atomic mass is 16.5. The lowest BCUT2D eigenvalue weighted by Crippen LogP contribution is -2.11. The van der Waals surface area contributed by atoms with Crippen molar-refractivity contribution < 1.29 is 19.4 Å². The van der Waals surface area contributed by atoms with Gasteiger partial charge in [0.05, 0.1) is 12.7 Å². The third kappa shape index (κ3) is 4.22. The van der Waals surface area contributed by atoms with Crippen molar-refractivity contribution in [3.8, 4) is 17.7 Å². The summed E-state index contributed by atoms with van der Waals surface area (Å²) in [7, 11) is 0. The van der Waals surface area contributed by atoms with Crippen molar-refractivity contribution in [3.05, 3.63) is 29.6 Å². The summed E-state index contributed by atoms with van der Waals surface area (Å²) >= 11 is 0. The molecule has 0 aromatic carbocycles. The van der Waals surface area contributed by atoms with Crippen molar-refractivity contribution in [1.82, 2.24) is 9.38 Å². The first-order valence-corrected chi connectivity index (χ1v) is 9.29. The van der Waals surface area contributed by atoms with Crippen LogP contribution in [-0.4, -0.2) is 33.2 Å². The van der Waals surface area contributed by atoms with Gasteiger partial charge in [0, 0.05) is 6.20 Å². The van der Waals surface area contributed by atoms with Crippen LogP contribution in [0.15, 0.2) is 23.9 Å². The number of nitriles is 1. The lowest BCUT2D eigenvalue weighted by molar-refractivity contribution is -0.132. The van der Waals surface area contributed by atoms with Gasteiger partial charge in [0.2, 0.25) is 5.88 Å². The first kappa shape index (κ1) is 18.8. The van der Waals surface area contributed by atoms with Gasteiger partial charge in [-0.15, -0.1) is 0 Å². The Morgan fingerprint density at radius 3 is 2.93 bits per heavy atom. The Balaban J connectivity index is 2.05. The molecule has 0 spiro atoms. The Morgan fingerprint density at radius 1 is 1.48 bits per heavy atom. The van der Waals surface area contributed by atoms with Crippen LogP contribution in [0, 0.1) is 11.3 Å². The minimum Gasteiger partial charge on any atom is -0.487 e. The van der Waals surface area contributed by atoms with Crippen LogP contribution in [0.3, 0.4) is 0 Å². The number of pyridine rings is 1. The molecule has 1 saturated carbocycles. The van der Waals surface area contributed by atoms with E-state index < -0.39 is 5.97 Å². The Bertz CT molecular complexity index is 888. The van der Waals surface area contributed by atoms with Crippen molar-refractivity contribution in [2.45, 2.75) is 51.6 Å². The number of hydrogen-bond donors (Lipinski definition) is 1. The van der Waals surface area contributed by atoms with E-state index >= 15 is 0 Å². The van der Waals surface area contributed by atoms with Crippen LogP contribution in [0.2, 0.25) is 0 Å². The maximum atomic E-state index is 11.3. The zero-order chi connectivity index (χ0) is 19.2. The van der Waals surface area contributed by atoms with E-state index in [4.69, 9.17) is 14.7 Å². The number of carboxylic acids is 1. The topological polar surface area (TPSA) is 96.9 Å². The van der Waals surface area contributed by atoms with Gasteiger partial charge >= 0.3 is 5.97 Å². The third-order valence-electron chi connectivity index (χ3n) is 4.58. The number of aliphatic carboxylic acids is 1. The molecule has 7 heteroatoms. The van der Waals surface area contributed by atoms with Crippen LogP contribution in [0.25, 0.3) is 11.7 Å². The summed E-state index contributed by atoms with van der Waals surface area (Å²) < 4.78 is 13.6. The number of imidazole rings is 1. The monoisotopic (exact) mass is 369 g/mol. The molecule has 3 rings (SSSR count). The van der Waals surface area contributed by atoms with Crippen LogP contribution in [-0.2, 0) is 4.79 Å². The second kappa shape index (κ2) is 8.58. The van der Waals surface area contributed by atoms with Crippen molar-refractivity contribution in [2.75, 3.05) is 6.61 Å². The molecule has 142 valence electrons. The highest BCUT2D eigenvalue weighted by Crippen LogP contribution is 2.31. The van der Waals surface area contributed by atoms with Gasteiger partial charge in [-0.2, -0.15) is 10.2 Å². The maximum absolute atomic E-state index is 11.3. The molecule has 27 heavy (non-hydrogen) atoms. The van der Waals surface area contributed by atoms with Crippen molar-refractivity contribution >= 4 is 17.7 Å². The third-order valence-corrected chi connectivity index (χ3v) is 4.58. The molecular formula is C20H23N3O4. The number of fused-ring (bicyclic) bond motifs is 1. The van der Waals surface area contributed by atoms with Crippen LogP contribution in [0.5, 0.6) is 11.6 Å². The summed E-state index contributed by atoms with van der Waals surface area (Å²) in [6, 6.07) is 5.38. The average molecular weight is 369 g/mol. The lowest BCUT2D eigenvalue weighted by atomic mass is 10.2. The van der Waals surface area contributed by atoms with Gasteiger partial charge in [-0.3, -0.25) is 4.40 Å². The maximum Gasteiger partial charge on any atom is 0.346 e. The molecular weight excluding hydrogens is 346 g/mol. The molecule has 0 saturated heterocycles. The van der Waals surface area contributed by atoms with E-state index in [-0.39, 0.29) is 11.7 Å². The van der Waals surface area contributed by atoms with Gasteiger partial charge in [0.1, 0.15) is 17.3 Å². The van der Waals surface area contributed by atoms with E-state index in [1.165, 1.54) is 6.08 Å². The predicted octanol–water partition coefficient (Wildman–Crippen LogP) is 3.83. The minimum atomic E-state index is -1.29. The molecule has 1 N–H and O–H groups in total. The molecule has 7 nitrogen and oxygen atoms in total. The van der Waals surface area contributed by atoms with Gasteiger partial charge in [-0.1, -0.05) is 13.3 Å². The fourth-order valence-electron chi connectivity index (χ4n) is 3.15. The van der Waals surface area contributed by atoms with E-state index in [0.717, 1.165) is 38.5 Å². The smallest absolute Gasteiger partial charge is 0.346 e. The van der Waals surface area contributed by atoms with Gasteiger partial charge in [-0.05, 0) is 50.3 Å². The molecule has 1 aliphatic rings. The first-order valence-electron chi connectivity index (χ1n) is 9.29. The van der Waals surface area contributed by atoms with Crippen molar-refractivity contribution in [3.63, 3.8) is 0 Å². The van der Waals surface area contributed by atoms with E-state index in [2.05, 4.69) is 11.9 Å². The summed E-state index contributed by atoms with van der Waals surface area (Å²) in [5.41, 5.74) is 0.612. The summed E-state index contributed by atoms with van der Waals surface area (Å²) in [6.45, 7) is 2.52. The standard InChI is InChI=1S/C20H23N3O4/c1-2-3-11-26-19-16(12-14(13-21)20(24)25)23-10-6-9-17(18(23)22-19)27-15-7-4-5-8-15/h6,9-10,12,15H,2-5,7-8,11H2,1H3,(H,24,25). The Morgan fingerprint density at radius 2 is 2.26 bits per heavy atom. The highest BCUT2D eigenvalue weighted by Gasteiger charge is 2.21. The lowest BCUT2D eigenvalue weighted by Gasteiger charge is -2.13. The molecule has 0 atom stereocenters. The largest absolute Gasteiger partial charge is 0.487 e. The number of hydrogen-bond acceptors (Lipinski definition) is 5. The number of ether oxygens (including phenoxy) is 2. The summed E-state index contributed by atoms with van der Waals surface area (Å²) in [6.07, 6.45) is 9.40. The molecule has 1 aliphatic carbocycles. The number of carbonyl (C=O) groups is 1. The molecule has 2 heterocycles. The first-order chi connectivity index (χ1) is 13.1. The number of aromatic nitrogens is 2. The number of rotatable bonds is 8. The molecule has 2 aromatic heterocycles. The molecule has 0 aliphatic heterocycles. The quantitative estimate of drug-likeness (QED) is 0.431. The molecule has 2 aromatic rings. The van der Waals surface area contributed by atoms with Crippen LogP contribution >= 0.6 is 0 Å². The van der Waals surface area contributed by atoms with Gasteiger partial charge < -0.3 is 14.6 Å². The van der Waals surface area contributed by atoms with Crippen molar-refractivity contribution in [1.29, 1.82) is 5.26 Å². The van der Waals surface area contributed by atoms with Crippen LogP contribution < -0.4 is 9.47 Å². The molecule has 0 bridgehead atoms. The van der Waals surface area contributed by atoms with E-state index in [1.54, 1.807) is 16.7 Å². The molecule has 0 unspecified atom stereocenters. The number of unbranched alkanes of at least 4 members (excludes halogenated alkanes) is 1. The van der Waals surface area contributed by atoms with Gasteiger partial charge in [-0.25, -0.2) is 4.79 Å². The number of carboxylic acid groups (broad SMARTS) is 1. The molecule has 0 radical (unpaired) electrons. The second-order valence-electron chi connectivity index (χ2n) is 6.57. The Kier molecular flexibility index (Phi) is 5.97. The zero-order valence-electron chi connectivity index (χ0n) is 15.4. The minimum absolute atomic E-state index is 0.171. The highest BCUT2D eigenvalue weighted by molar-refractivity contribution is 5.96. The van der Waals surface area contributed by atoms with Crippen molar-refractivity contribution in [2.24, 2.45) is 0 Å². The Hall–Kier alpha value is -3.01. The summed E-state index contributed by atoms with van der Waals surface area (Å²) in [4.78, 5) is 15.8. The fraction of sp³-hybridized carbons (Fsp3) is 0.450. The van der Waals surface area contributed by atoms with E-state index in [0.29, 0.717) is 29.6 Å². The van der Waals surface area contributed by atoms with E-state index in [9.17, 15) is 9.90 Å². The summed E-state index contributed by atoms with van der Waals surface area (Å²) in [5.74, 6) is -0.344. The summed E-state index contributed by atoms with van der Waals surface area (Å²) in [5, 5.41) is 18.3. The van der Waals surface area contributed by atoms with E-state index in [1.807, 2.05) is 12.1 Å². The van der Waals surface area contributed by atoms with Gasteiger partial charge in [0.25, 0.3) is 0 Å². The predicted molar refractivity (Wildman–Crippen MR) is 99.7 cm³/mol. The number of nitrogens with zero attached hydrogens (tertiary/aromatic N) is 3. The average Bonchev–Trinajstić information content (AvgIpc) is 3.28. The molecule has 0 amide bonds. The molecule has 1 fully saturated rings. The fourth-order valence-corrected chi connectivity index (χ4v) is 3.15.